The maximum atomic E-state index is 13.0. The lowest BCUT2D eigenvalue weighted by Gasteiger charge is -2.25. The van der Waals surface area contributed by atoms with E-state index in [2.05, 4.69) is 0 Å². The van der Waals surface area contributed by atoms with E-state index < -0.39 is 17.7 Å². The van der Waals surface area contributed by atoms with Crippen LogP contribution in [-0.2, 0) is 16.0 Å². The number of carbonyl (C=O) groups is 2. The molecule has 0 aliphatic carbocycles. The average Bonchev–Trinajstić information content (AvgIpc) is 3.04. The van der Waals surface area contributed by atoms with E-state index in [1.807, 2.05) is 30.3 Å². The minimum atomic E-state index is -0.711. The molecule has 3 aromatic carbocycles. The van der Waals surface area contributed by atoms with Gasteiger partial charge in [0.15, 0.2) is 0 Å². The molecule has 0 bridgehead atoms. The molecule has 1 fully saturated rings. The normalized spacial score (nSPS) is 17.9. The van der Waals surface area contributed by atoms with E-state index in [1.54, 1.807) is 48.5 Å². The number of rotatable bonds is 5. The summed E-state index contributed by atoms with van der Waals surface area (Å²) >= 11 is 12.0. The number of aliphatic hydroxyl groups excluding tert-OH is 1. The van der Waals surface area contributed by atoms with Gasteiger partial charge in [-0.15, -0.1) is 0 Å². The van der Waals surface area contributed by atoms with Gasteiger partial charge in [-0.1, -0.05) is 65.7 Å². The fourth-order valence-electron chi connectivity index (χ4n) is 3.76. The molecule has 1 N–H and O–H groups in total. The largest absolute Gasteiger partial charge is 0.507 e. The second kappa shape index (κ2) is 8.96. The molecular weight excluding hydrogens is 433 g/mol. The maximum Gasteiger partial charge on any atom is 0.295 e. The predicted octanol–water partition coefficient (Wildman–Crippen LogP) is 5.66. The van der Waals surface area contributed by atoms with Gasteiger partial charge in [0.25, 0.3) is 11.7 Å². The number of aliphatic hydroxyl groups is 1. The Hall–Kier alpha value is -3.08. The van der Waals surface area contributed by atoms with Crippen LogP contribution in [0, 0.1) is 0 Å². The topological polar surface area (TPSA) is 57.6 Å². The van der Waals surface area contributed by atoms with Crippen molar-refractivity contribution in [2.24, 2.45) is 0 Å². The van der Waals surface area contributed by atoms with Crippen molar-refractivity contribution in [3.8, 4) is 0 Å². The zero-order chi connectivity index (χ0) is 22.0. The number of Topliss-reactive ketones (excluding diaryl/α,β-unsaturated/α-hetero) is 1. The summed E-state index contributed by atoms with van der Waals surface area (Å²) < 4.78 is 0. The zero-order valence-electron chi connectivity index (χ0n) is 16.5. The van der Waals surface area contributed by atoms with Crippen LogP contribution in [0.2, 0.25) is 10.0 Å². The van der Waals surface area contributed by atoms with Crippen LogP contribution in [0.3, 0.4) is 0 Å². The average molecular weight is 452 g/mol. The van der Waals surface area contributed by atoms with Gasteiger partial charge in [0.05, 0.1) is 11.6 Å². The van der Waals surface area contributed by atoms with Gasteiger partial charge in [-0.25, -0.2) is 0 Å². The molecule has 0 radical (unpaired) electrons. The van der Waals surface area contributed by atoms with Crippen molar-refractivity contribution in [1.82, 2.24) is 4.90 Å². The molecule has 31 heavy (non-hydrogen) atoms. The highest BCUT2D eigenvalue weighted by atomic mass is 35.5. The van der Waals surface area contributed by atoms with Crippen LogP contribution in [0.4, 0.5) is 0 Å². The summed E-state index contributed by atoms with van der Waals surface area (Å²) in [6.07, 6.45) is 0.582. The lowest BCUT2D eigenvalue weighted by atomic mass is 9.95. The summed E-state index contributed by atoms with van der Waals surface area (Å²) in [6.45, 7) is 0.333. The number of ketones is 1. The molecule has 1 atom stereocenters. The molecule has 1 amide bonds. The first-order valence-electron chi connectivity index (χ1n) is 9.79. The zero-order valence-corrected chi connectivity index (χ0v) is 18.0. The second-order valence-electron chi connectivity index (χ2n) is 7.29. The summed E-state index contributed by atoms with van der Waals surface area (Å²) in [5, 5.41) is 12.1. The van der Waals surface area contributed by atoms with Crippen LogP contribution in [0.1, 0.15) is 22.7 Å². The Morgan fingerprint density at radius 3 is 2.03 bits per heavy atom. The third kappa shape index (κ3) is 4.36. The van der Waals surface area contributed by atoms with Gasteiger partial charge < -0.3 is 10.0 Å². The third-order valence-electron chi connectivity index (χ3n) is 5.33. The number of halogens is 2. The Morgan fingerprint density at radius 2 is 1.42 bits per heavy atom. The highest BCUT2D eigenvalue weighted by Crippen LogP contribution is 2.39. The van der Waals surface area contributed by atoms with E-state index in [1.165, 1.54) is 4.90 Å². The summed E-state index contributed by atoms with van der Waals surface area (Å²) in [5.74, 6) is -1.57. The number of nitrogens with zero attached hydrogens (tertiary/aromatic N) is 1. The Balaban J connectivity index is 1.78. The molecule has 1 heterocycles. The Morgan fingerprint density at radius 1 is 0.839 bits per heavy atom. The highest BCUT2D eigenvalue weighted by Gasteiger charge is 2.45. The first-order valence-corrected chi connectivity index (χ1v) is 10.5. The molecule has 0 spiro atoms. The summed E-state index contributed by atoms with van der Waals surface area (Å²) in [7, 11) is 0. The van der Waals surface area contributed by atoms with Gasteiger partial charge in [0.2, 0.25) is 0 Å². The molecule has 0 aromatic heterocycles. The number of likely N-dealkylation sites (tertiary alicyclic amines) is 1. The Labute approximate surface area is 190 Å². The monoisotopic (exact) mass is 451 g/mol. The lowest BCUT2D eigenvalue weighted by molar-refractivity contribution is -0.139. The number of benzene rings is 3. The molecule has 4 rings (SSSR count). The van der Waals surface area contributed by atoms with Gasteiger partial charge in [0.1, 0.15) is 5.76 Å². The van der Waals surface area contributed by atoms with E-state index >= 15 is 0 Å². The standard InChI is InChI=1S/C25H19Cl2NO3/c26-19-10-6-17(7-11-19)22-21(23(29)18-8-12-20(27)13-9-18)24(30)25(31)28(22)15-14-16-4-2-1-3-5-16/h1-13,22,29H,14-15H2/t22-/m0/s1. The van der Waals surface area contributed by atoms with Crippen LogP contribution in [0.25, 0.3) is 5.76 Å². The summed E-state index contributed by atoms with van der Waals surface area (Å²) in [5.41, 5.74) is 2.23. The summed E-state index contributed by atoms with van der Waals surface area (Å²) in [4.78, 5) is 27.5. The lowest BCUT2D eigenvalue weighted by Crippen LogP contribution is -2.31. The summed E-state index contributed by atoms with van der Waals surface area (Å²) in [6, 6.07) is 22.5. The molecule has 1 saturated heterocycles. The van der Waals surface area contributed by atoms with Crippen molar-refractivity contribution in [2.75, 3.05) is 6.54 Å². The quantitative estimate of drug-likeness (QED) is 0.309. The van der Waals surface area contributed by atoms with Gasteiger partial charge in [-0.05, 0) is 53.9 Å². The van der Waals surface area contributed by atoms with E-state index in [-0.39, 0.29) is 11.3 Å². The molecule has 6 heteroatoms. The van der Waals surface area contributed by atoms with E-state index in [9.17, 15) is 14.7 Å². The van der Waals surface area contributed by atoms with E-state index in [0.29, 0.717) is 34.1 Å². The van der Waals surface area contributed by atoms with Crippen molar-refractivity contribution < 1.29 is 14.7 Å². The van der Waals surface area contributed by atoms with Crippen molar-refractivity contribution in [1.29, 1.82) is 0 Å². The molecular formula is C25H19Cl2NO3. The van der Waals surface area contributed by atoms with Gasteiger partial charge in [0, 0.05) is 22.2 Å². The van der Waals surface area contributed by atoms with Gasteiger partial charge >= 0.3 is 0 Å². The first kappa shape index (κ1) is 21.2. The minimum absolute atomic E-state index is 0.0581. The van der Waals surface area contributed by atoms with Crippen LogP contribution in [-0.4, -0.2) is 28.2 Å². The Bertz CT molecular complexity index is 1140. The molecule has 3 aromatic rings. The number of amides is 1. The van der Waals surface area contributed by atoms with E-state index in [0.717, 1.165) is 5.56 Å². The number of hydrogen-bond donors (Lipinski definition) is 1. The predicted molar refractivity (Wildman–Crippen MR) is 122 cm³/mol. The molecule has 0 unspecified atom stereocenters. The number of carbonyl (C=O) groups excluding carboxylic acids is 2. The molecule has 156 valence electrons. The number of hydrogen-bond acceptors (Lipinski definition) is 3. The first-order chi connectivity index (χ1) is 15.0. The van der Waals surface area contributed by atoms with Crippen LogP contribution in [0.15, 0.2) is 84.4 Å². The fraction of sp³-hybridized carbons (Fsp3) is 0.120. The SMILES string of the molecule is O=C1C(=O)N(CCc2ccccc2)[C@@H](c2ccc(Cl)cc2)C1=C(O)c1ccc(Cl)cc1. The van der Waals surface area contributed by atoms with Crippen molar-refractivity contribution in [2.45, 2.75) is 12.5 Å². The van der Waals surface area contributed by atoms with E-state index in [4.69, 9.17) is 23.2 Å². The van der Waals surface area contributed by atoms with Crippen molar-refractivity contribution in [3.63, 3.8) is 0 Å². The maximum absolute atomic E-state index is 13.0. The van der Waals surface area contributed by atoms with Crippen LogP contribution >= 0.6 is 23.2 Å². The smallest absolute Gasteiger partial charge is 0.295 e. The van der Waals surface area contributed by atoms with Crippen molar-refractivity contribution in [3.05, 3.63) is 111 Å². The third-order valence-corrected chi connectivity index (χ3v) is 5.83. The second-order valence-corrected chi connectivity index (χ2v) is 8.16. The molecule has 1 aliphatic rings. The minimum Gasteiger partial charge on any atom is -0.507 e. The Kier molecular flexibility index (Phi) is 6.12. The highest BCUT2D eigenvalue weighted by molar-refractivity contribution is 6.46. The van der Waals surface area contributed by atoms with Crippen LogP contribution < -0.4 is 0 Å². The van der Waals surface area contributed by atoms with Gasteiger partial charge in [-0.2, -0.15) is 0 Å². The fourth-order valence-corrected chi connectivity index (χ4v) is 4.01. The molecule has 1 aliphatic heterocycles. The molecule has 0 saturated carbocycles. The van der Waals surface area contributed by atoms with Crippen LogP contribution in [0.5, 0.6) is 0 Å². The van der Waals surface area contributed by atoms with Crippen molar-refractivity contribution >= 4 is 40.7 Å². The molecule has 4 nitrogen and oxygen atoms in total. The van der Waals surface area contributed by atoms with Gasteiger partial charge in [-0.3, -0.25) is 9.59 Å².